The highest BCUT2D eigenvalue weighted by Crippen LogP contribution is 2.45. The Bertz CT molecular complexity index is 927. The maximum atomic E-state index is 14.5. The van der Waals surface area contributed by atoms with E-state index in [9.17, 15) is 9.18 Å². The molecule has 2 N–H and O–H groups in total. The minimum atomic E-state index is -0.969. The van der Waals surface area contributed by atoms with Gasteiger partial charge in [0.05, 0.1) is 16.3 Å². The normalized spacial score (nSPS) is 18.5. The van der Waals surface area contributed by atoms with E-state index in [0.29, 0.717) is 11.3 Å². The summed E-state index contributed by atoms with van der Waals surface area (Å²) in [6.45, 7) is 0. The molecule has 0 radical (unpaired) electrons. The Morgan fingerprint density at radius 3 is 2.72 bits per heavy atom. The van der Waals surface area contributed by atoms with E-state index >= 15 is 0 Å². The molecule has 0 bridgehead atoms. The van der Waals surface area contributed by atoms with Gasteiger partial charge in [0, 0.05) is 11.8 Å². The number of fused-ring (bicyclic) bond motifs is 1. The fourth-order valence-corrected chi connectivity index (χ4v) is 3.96. The van der Waals surface area contributed by atoms with E-state index < -0.39 is 11.8 Å². The van der Waals surface area contributed by atoms with E-state index in [4.69, 9.17) is 16.7 Å². The molecule has 2 aromatic carbocycles. The van der Waals surface area contributed by atoms with E-state index in [0.717, 1.165) is 10.6 Å². The number of benzene rings is 2. The van der Waals surface area contributed by atoms with Crippen molar-refractivity contribution in [3.8, 4) is 0 Å². The topological polar surface area (TPSA) is 52.6 Å². The molecule has 126 valence electrons. The minimum Gasteiger partial charge on any atom is -0.478 e. The summed E-state index contributed by atoms with van der Waals surface area (Å²) in [5.41, 5.74) is 2.19. The van der Waals surface area contributed by atoms with Crippen LogP contribution >= 0.6 is 23.4 Å². The second-order valence-electron chi connectivity index (χ2n) is 5.57. The summed E-state index contributed by atoms with van der Waals surface area (Å²) in [6, 6.07) is 11.5. The van der Waals surface area contributed by atoms with Crippen molar-refractivity contribution in [2.75, 3.05) is 0 Å². The van der Waals surface area contributed by atoms with E-state index in [-0.39, 0.29) is 16.8 Å². The maximum absolute atomic E-state index is 14.5. The molecule has 2 heterocycles. The van der Waals surface area contributed by atoms with Crippen LogP contribution in [0.1, 0.15) is 27.7 Å². The maximum Gasteiger partial charge on any atom is 0.335 e. The molecule has 0 amide bonds. The fourth-order valence-electron chi connectivity index (χ4n) is 2.89. The van der Waals surface area contributed by atoms with Gasteiger partial charge in [-0.3, -0.25) is 0 Å². The van der Waals surface area contributed by atoms with Crippen molar-refractivity contribution < 1.29 is 14.3 Å². The summed E-state index contributed by atoms with van der Waals surface area (Å²) in [4.78, 5) is 13.0. The molecule has 25 heavy (non-hydrogen) atoms. The summed E-state index contributed by atoms with van der Waals surface area (Å²) >= 11 is 7.41. The van der Waals surface area contributed by atoms with Crippen LogP contribution in [0, 0.1) is 5.82 Å². The van der Waals surface area contributed by atoms with Gasteiger partial charge in [-0.25, -0.2) is 9.18 Å². The van der Waals surface area contributed by atoms with Crippen LogP contribution in [-0.2, 0) is 0 Å². The van der Waals surface area contributed by atoms with Crippen LogP contribution in [0.4, 0.5) is 4.39 Å². The van der Waals surface area contributed by atoms with Crippen molar-refractivity contribution in [2.45, 2.75) is 6.17 Å². The number of rotatable bonds is 3. The van der Waals surface area contributed by atoms with Gasteiger partial charge in [-0.15, -0.1) is 0 Å². The molecule has 2 aliphatic rings. The molecule has 0 saturated carbocycles. The number of hydrogen-bond acceptors (Lipinski definition) is 4. The van der Waals surface area contributed by atoms with Gasteiger partial charge in [0.2, 0.25) is 0 Å². The zero-order valence-electron chi connectivity index (χ0n) is 12.7. The Hall–Kier alpha value is -2.44. The monoisotopic (exact) mass is 374 g/mol. The molecular weight excluding hydrogens is 363 g/mol. The van der Waals surface area contributed by atoms with Crippen molar-refractivity contribution in [1.29, 1.82) is 0 Å². The van der Waals surface area contributed by atoms with E-state index in [1.54, 1.807) is 36.4 Å². The third kappa shape index (κ3) is 2.67. The number of nitrogens with one attached hydrogen (secondary N) is 1. The average Bonchev–Trinajstić information content (AvgIpc) is 3.20. The fraction of sp³-hybridized carbons (Fsp3) is 0.0556. The lowest BCUT2D eigenvalue weighted by molar-refractivity contribution is 0.0697. The smallest absolute Gasteiger partial charge is 0.335 e. The Balaban J connectivity index is 1.71. The van der Waals surface area contributed by atoms with Gasteiger partial charge in [-0.05, 0) is 35.2 Å². The van der Waals surface area contributed by atoms with Gasteiger partial charge in [-0.1, -0.05) is 41.6 Å². The highest BCUT2D eigenvalue weighted by molar-refractivity contribution is 8.06. The molecule has 0 saturated heterocycles. The lowest BCUT2D eigenvalue weighted by Gasteiger charge is -2.22. The zero-order valence-corrected chi connectivity index (χ0v) is 14.3. The first kappa shape index (κ1) is 16.1. The lowest BCUT2D eigenvalue weighted by atomic mass is 10.1. The van der Waals surface area contributed by atoms with Crippen LogP contribution in [0.2, 0.25) is 5.02 Å². The molecule has 4 rings (SSSR count). The first-order chi connectivity index (χ1) is 12.1. The van der Waals surface area contributed by atoms with Crippen molar-refractivity contribution in [1.82, 2.24) is 10.2 Å². The third-order valence-electron chi connectivity index (χ3n) is 4.10. The average molecular weight is 375 g/mol. The van der Waals surface area contributed by atoms with E-state index in [1.807, 2.05) is 16.5 Å². The number of hydrogen-bond donors (Lipinski definition) is 2. The molecule has 0 spiro atoms. The largest absolute Gasteiger partial charge is 0.478 e. The summed E-state index contributed by atoms with van der Waals surface area (Å²) in [5.74, 6) is -1.43. The first-order valence-corrected chi connectivity index (χ1v) is 8.72. The number of nitrogens with zero attached hydrogens (tertiary/aromatic N) is 1. The van der Waals surface area contributed by atoms with Crippen molar-refractivity contribution in [2.24, 2.45) is 0 Å². The first-order valence-electron chi connectivity index (χ1n) is 7.46. The van der Waals surface area contributed by atoms with Crippen LogP contribution in [0.5, 0.6) is 0 Å². The van der Waals surface area contributed by atoms with Crippen LogP contribution < -0.4 is 5.32 Å². The molecular formula is C18H12ClFN2O2S. The van der Waals surface area contributed by atoms with Crippen molar-refractivity contribution in [3.63, 3.8) is 0 Å². The number of carbonyl (C=O) groups is 1. The second-order valence-corrected chi connectivity index (χ2v) is 6.87. The molecule has 0 aliphatic carbocycles. The molecule has 2 aromatic rings. The van der Waals surface area contributed by atoms with Crippen LogP contribution in [0.15, 0.2) is 59.1 Å². The predicted molar refractivity (Wildman–Crippen MR) is 96.2 cm³/mol. The number of carboxylic acids is 1. The van der Waals surface area contributed by atoms with E-state index in [1.165, 1.54) is 17.8 Å². The molecule has 7 heteroatoms. The van der Waals surface area contributed by atoms with Gasteiger partial charge < -0.3 is 15.3 Å². The SMILES string of the molecule is O=C(O)c1ccc(C2NC(c3cccc(Cl)c3F)=C3SC=CN32)cc1. The Kier molecular flexibility index (Phi) is 3.94. The van der Waals surface area contributed by atoms with Crippen molar-refractivity contribution >= 4 is 35.0 Å². The molecule has 1 unspecified atom stereocenters. The van der Waals surface area contributed by atoms with Crippen LogP contribution in [0.3, 0.4) is 0 Å². The molecule has 0 aromatic heterocycles. The highest BCUT2D eigenvalue weighted by atomic mass is 35.5. The van der Waals surface area contributed by atoms with Gasteiger partial charge >= 0.3 is 5.97 Å². The summed E-state index contributed by atoms with van der Waals surface area (Å²) < 4.78 is 14.5. The van der Waals surface area contributed by atoms with E-state index in [2.05, 4.69) is 5.32 Å². The summed E-state index contributed by atoms with van der Waals surface area (Å²) in [6.07, 6.45) is 1.68. The number of aromatic carboxylic acids is 1. The Morgan fingerprint density at radius 2 is 2.00 bits per heavy atom. The second kappa shape index (κ2) is 6.13. The van der Waals surface area contributed by atoms with Gasteiger partial charge in [0.15, 0.2) is 5.82 Å². The molecule has 2 aliphatic heterocycles. The third-order valence-corrected chi connectivity index (χ3v) is 5.29. The Labute approximate surface area is 152 Å². The molecule has 4 nitrogen and oxygen atoms in total. The molecule has 0 fully saturated rings. The highest BCUT2D eigenvalue weighted by Gasteiger charge is 2.35. The molecule has 1 atom stereocenters. The minimum absolute atomic E-state index is 0.0733. The van der Waals surface area contributed by atoms with Crippen LogP contribution in [-0.4, -0.2) is 16.0 Å². The van der Waals surface area contributed by atoms with Gasteiger partial charge in [-0.2, -0.15) is 0 Å². The number of carboxylic acid groups (broad SMARTS) is 1. The van der Waals surface area contributed by atoms with Crippen molar-refractivity contribution in [3.05, 3.63) is 86.6 Å². The predicted octanol–water partition coefficient (Wildman–Crippen LogP) is 4.63. The quantitative estimate of drug-likeness (QED) is 0.820. The van der Waals surface area contributed by atoms with Crippen LogP contribution in [0.25, 0.3) is 5.70 Å². The van der Waals surface area contributed by atoms with Gasteiger partial charge in [0.25, 0.3) is 0 Å². The Morgan fingerprint density at radius 1 is 1.24 bits per heavy atom. The van der Waals surface area contributed by atoms with Gasteiger partial charge in [0.1, 0.15) is 11.2 Å². The summed E-state index contributed by atoms with van der Waals surface area (Å²) in [5, 5.41) is 15.2. The number of halogens is 2. The standard InChI is InChI=1S/C18H12ClFN2O2S/c19-13-3-1-2-12(14(13)20)15-17-22(8-9-25-17)16(21-15)10-4-6-11(7-5-10)18(23)24/h1-9,16,21H,(H,23,24). The zero-order chi connectivity index (χ0) is 17.6. The number of thioether (sulfide) groups is 1. The summed E-state index contributed by atoms with van der Waals surface area (Å²) in [7, 11) is 0. The lowest BCUT2D eigenvalue weighted by Crippen LogP contribution is -2.24.